The van der Waals surface area contributed by atoms with Gasteiger partial charge in [-0.05, 0) is 37.5 Å². The van der Waals surface area contributed by atoms with Crippen LogP contribution in [0.25, 0.3) is 0 Å². The maximum atomic E-state index is 13.2. The molecule has 0 radical (unpaired) electrons. The van der Waals surface area contributed by atoms with Crippen LogP contribution in [-0.4, -0.2) is 28.2 Å². The zero-order valence-electron chi connectivity index (χ0n) is 14.9. The highest BCUT2D eigenvalue weighted by atomic mass is 16.6. The number of carbonyl (C=O) groups is 2. The summed E-state index contributed by atoms with van der Waals surface area (Å²) in [5.74, 6) is -1.22. The summed E-state index contributed by atoms with van der Waals surface area (Å²) in [6.45, 7) is 1.68. The van der Waals surface area contributed by atoms with Crippen molar-refractivity contribution in [2.75, 3.05) is 11.4 Å². The second-order valence-electron chi connectivity index (χ2n) is 6.38. The monoisotopic (exact) mass is 384 g/mol. The Balaban J connectivity index is 2.15. The molecule has 0 aliphatic carbocycles. The molecule has 10 nitrogen and oxygen atoms in total. The van der Waals surface area contributed by atoms with E-state index in [-0.39, 0.29) is 11.1 Å². The predicted molar refractivity (Wildman–Crippen MR) is 99.4 cm³/mol. The molecule has 1 aliphatic heterocycles. The lowest BCUT2D eigenvalue weighted by molar-refractivity contribution is -0.394. The molecule has 3 rings (SSSR count). The van der Waals surface area contributed by atoms with E-state index < -0.39 is 33.0 Å². The number of amides is 2. The van der Waals surface area contributed by atoms with Gasteiger partial charge in [0.05, 0.1) is 21.5 Å². The molecule has 1 heterocycles. The SMILES string of the molecule is Cc1c(C(=O)N2CCCc3c(C(N)=O)cccc32)cc([N+](=O)[O-])cc1[N+](=O)[O-]. The Hall–Kier alpha value is -3.82. The number of benzene rings is 2. The van der Waals surface area contributed by atoms with Crippen molar-refractivity contribution in [1.29, 1.82) is 0 Å². The van der Waals surface area contributed by atoms with Crippen LogP contribution in [0.3, 0.4) is 0 Å². The molecule has 0 aromatic heterocycles. The number of primary amides is 1. The number of non-ortho nitro benzene ring substituents is 1. The van der Waals surface area contributed by atoms with Crippen molar-refractivity contribution in [3.05, 3.63) is 72.8 Å². The molecular weight excluding hydrogens is 368 g/mol. The predicted octanol–water partition coefficient (Wildman–Crippen LogP) is 2.50. The fourth-order valence-electron chi connectivity index (χ4n) is 3.41. The number of rotatable bonds is 4. The van der Waals surface area contributed by atoms with Crippen LogP contribution in [0.15, 0.2) is 30.3 Å². The Labute approximate surface area is 158 Å². The van der Waals surface area contributed by atoms with Gasteiger partial charge in [0.2, 0.25) is 5.91 Å². The van der Waals surface area contributed by atoms with Crippen molar-refractivity contribution < 1.29 is 19.4 Å². The van der Waals surface area contributed by atoms with E-state index in [1.807, 2.05) is 0 Å². The van der Waals surface area contributed by atoms with Crippen LogP contribution in [0.5, 0.6) is 0 Å². The number of anilines is 1. The van der Waals surface area contributed by atoms with Crippen molar-refractivity contribution in [3.8, 4) is 0 Å². The number of nitrogens with zero attached hydrogens (tertiary/aromatic N) is 3. The summed E-state index contributed by atoms with van der Waals surface area (Å²) in [6, 6.07) is 6.68. The van der Waals surface area contributed by atoms with E-state index in [0.29, 0.717) is 36.2 Å². The smallest absolute Gasteiger partial charge is 0.279 e. The van der Waals surface area contributed by atoms with Crippen LogP contribution in [0, 0.1) is 27.2 Å². The third-order valence-electron chi connectivity index (χ3n) is 4.76. The number of carbonyl (C=O) groups excluding carboxylic acids is 2. The summed E-state index contributed by atoms with van der Waals surface area (Å²) in [7, 11) is 0. The van der Waals surface area contributed by atoms with Crippen molar-refractivity contribution in [3.63, 3.8) is 0 Å². The van der Waals surface area contributed by atoms with E-state index in [0.717, 1.165) is 12.1 Å². The first kappa shape index (κ1) is 19.0. The van der Waals surface area contributed by atoms with Crippen LogP contribution in [0.4, 0.5) is 17.1 Å². The molecule has 2 aromatic carbocycles. The van der Waals surface area contributed by atoms with E-state index in [1.54, 1.807) is 18.2 Å². The first-order chi connectivity index (χ1) is 13.2. The van der Waals surface area contributed by atoms with E-state index in [9.17, 15) is 29.8 Å². The topological polar surface area (TPSA) is 150 Å². The Bertz CT molecular complexity index is 1030. The van der Waals surface area contributed by atoms with Crippen molar-refractivity contribution >= 4 is 28.9 Å². The number of nitro groups is 2. The number of hydrogen-bond donors (Lipinski definition) is 1. The molecular formula is C18H16N4O6. The van der Waals surface area contributed by atoms with Crippen molar-refractivity contribution in [2.24, 2.45) is 5.73 Å². The first-order valence-corrected chi connectivity index (χ1v) is 8.39. The maximum absolute atomic E-state index is 13.2. The summed E-state index contributed by atoms with van der Waals surface area (Å²) in [4.78, 5) is 47.1. The van der Waals surface area contributed by atoms with Gasteiger partial charge in [-0.3, -0.25) is 29.8 Å². The molecule has 0 fully saturated rings. The lowest BCUT2D eigenvalue weighted by Gasteiger charge is -2.30. The lowest BCUT2D eigenvalue weighted by atomic mass is 9.94. The number of fused-ring (bicyclic) bond motifs is 1. The molecule has 0 atom stereocenters. The van der Waals surface area contributed by atoms with Gasteiger partial charge in [-0.2, -0.15) is 0 Å². The zero-order chi connectivity index (χ0) is 20.6. The molecule has 2 N–H and O–H groups in total. The minimum atomic E-state index is -0.779. The number of hydrogen-bond acceptors (Lipinski definition) is 6. The fraction of sp³-hybridized carbons (Fsp3) is 0.222. The van der Waals surface area contributed by atoms with Gasteiger partial charge < -0.3 is 10.6 Å². The van der Waals surface area contributed by atoms with E-state index >= 15 is 0 Å². The average molecular weight is 384 g/mol. The lowest BCUT2D eigenvalue weighted by Crippen LogP contribution is -2.36. The quantitative estimate of drug-likeness (QED) is 0.632. The third-order valence-corrected chi connectivity index (χ3v) is 4.76. The molecule has 10 heteroatoms. The van der Waals surface area contributed by atoms with Crippen LogP contribution in [0.1, 0.15) is 38.3 Å². The number of nitrogens with two attached hydrogens (primary N) is 1. The maximum Gasteiger partial charge on any atom is 0.279 e. The van der Waals surface area contributed by atoms with Crippen LogP contribution in [0.2, 0.25) is 0 Å². The molecule has 0 saturated carbocycles. The van der Waals surface area contributed by atoms with Crippen molar-refractivity contribution in [2.45, 2.75) is 19.8 Å². The van der Waals surface area contributed by atoms with Gasteiger partial charge in [-0.25, -0.2) is 0 Å². The highest BCUT2D eigenvalue weighted by molar-refractivity contribution is 6.09. The standard InChI is InChI=1S/C18H16N4O6/c1-10-14(8-11(21(25)26)9-16(10)22(27)28)18(24)20-7-3-5-12-13(17(19)23)4-2-6-15(12)20/h2,4,6,8-9H,3,5,7H2,1H3,(H2,19,23). The molecule has 2 amide bonds. The molecule has 2 aromatic rings. The summed E-state index contributed by atoms with van der Waals surface area (Å²) in [5, 5.41) is 22.4. The Kier molecular flexibility index (Phi) is 4.78. The van der Waals surface area contributed by atoms with Gasteiger partial charge >= 0.3 is 0 Å². The molecule has 0 bridgehead atoms. The van der Waals surface area contributed by atoms with E-state index in [2.05, 4.69) is 0 Å². The van der Waals surface area contributed by atoms with Gasteiger partial charge in [0, 0.05) is 29.4 Å². The molecule has 0 saturated heterocycles. The summed E-state index contributed by atoms with van der Waals surface area (Å²) < 4.78 is 0. The van der Waals surface area contributed by atoms with Gasteiger partial charge in [-0.1, -0.05) is 6.07 Å². The Morgan fingerprint density at radius 1 is 1.11 bits per heavy atom. The minimum Gasteiger partial charge on any atom is -0.366 e. The zero-order valence-corrected chi connectivity index (χ0v) is 14.9. The molecule has 28 heavy (non-hydrogen) atoms. The van der Waals surface area contributed by atoms with Gasteiger partial charge in [0.15, 0.2) is 0 Å². The Morgan fingerprint density at radius 2 is 1.82 bits per heavy atom. The first-order valence-electron chi connectivity index (χ1n) is 8.39. The summed E-state index contributed by atoms with van der Waals surface area (Å²) >= 11 is 0. The van der Waals surface area contributed by atoms with Gasteiger partial charge in [-0.15, -0.1) is 0 Å². The Morgan fingerprint density at radius 3 is 2.43 bits per heavy atom. The average Bonchev–Trinajstić information content (AvgIpc) is 2.66. The molecule has 1 aliphatic rings. The summed E-state index contributed by atoms with van der Waals surface area (Å²) in [5.41, 5.74) is 5.68. The molecule has 0 spiro atoms. The normalized spacial score (nSPS) is 13.0. The number of nitro benzene ring substituents is 2. The van der Waals surface area contributed by atoms with E-state index in [1.165, 1.54) is 11.8 Å². The summed E-state index contributed by atoms with van der Waals surface area (Å²) in [6.07, 6.45) is 1.10. The fourth-order valence-corrected chi connectivity index (χ4v) is 3.41. The van der Waals surface area contributed by atoms with Gasteiger partial charge in [0.1, 0.15) is 0 Å². The van der Waals surface area contributed by atoms with E-state index in [4.69, 9.17) is 5.73 Å². The second-order valence-corrected chi connectivity index (χ2v) is 6.38. The molecule has 144 valence electrons. The van der Waals surface area contributed by atoms with Crippen LogP contribution >= 0.6 is 0 Å². The van der Waals surface area contributed by atoms with Crippen molar-refractivity contribution in [1.82, 2.24) is 0 Å². The highest BCUT2D eigenvalue weighted by Gasteiger charge is 2.31. The van der Waals surface area contributed by atoms with Crippen LogP contribution < -0.4 is 10.6 Å². The largest absolute Gasteiger partial charge is 0.366 e. The molecule has 0 unspecified atom stereocenters. The highest BCUT2D eigenvalue weighted by Crippen LogP contribution is 2.34. The van der Waals surface area contributed by atoms with Gasteiger partial charge in [0.25, 0.3) is 17.3 Å². The minimum absolute atomic E-state index is 0.0405. The second kappa shape index (κ2) is 7.06. The van der Waals surface area contributed by atoms with Crippen LogP contribution in [-0.2, 0) is 6.42 Å². The third kappa shape index (κ3) is 3.15.